The van der Waals surface area contributed by atoms with E-state index in [4.69, 9.17) is 11.8 Å². The van der Waals surface area contributed by atoms with Crippen LogP contribution in [0.2, 0.25) is 0 Å². The molecule has 0 saturated carbocycles. The minimum absolute atomic E-state index is 0. The van der Waals surface area contributed by atoms with Gasteiger partial charge in [-0.3, -0.25) is 0 Å². The van der Waals surface area contributed by atoms with E-state index in [1.807, 2.05) is 51.1 Å². The smallest absolute Gasteiger partial charge is 0.233 e. The molecule has 0 amide bonds. The number of para-hydroxylation sites is 1. The molecular formula is C42H39BIrN4-2. The molecule has 6 aromatic rings. The summed E-state index contributed by atoms with van der Waals surface area (Å²) < 4.78 is 39.3. The molecule has 0 fully saturated rings. The number of rotatable bonds is 3. The van der Waals surface area contributed by atoms with E-state index in [-0.39, 0.29) is 32.4 Å². The molecule has 0 atom stereocenters. The molecule has 4 nitrogen and oxygen atoms in total. The van der Waals surface area contributed by atoms with Crippen molar-refractivity contribution in [2.24, 2.45) is 5.41 Å². The Balaban J connectivity index is 0.000000238. The van der Waals surface area contributed by atoms with Crippen LogP contribution >= 0.6 is 0 Å². The molecule has 0 unspecified atom stereocenters. The van der Waals surface area contributed by atoms with E-state index in [2.05, 4.69) is 89.5 Å². The van der Waals surface area contributed by atoms with Gasteiger partial charge in [-0.1, -0.05) is 68.8 Å². The molecule has 8 rings (SSSR count). The number of aryl methyl sites for hydroxylation is 1. The predicted octanol–water partition coefficient (Wildman–Crippen LogP) is 7.67. The molecule has 2 aliphatic rings. The molecule has 241 valence electrons. The quantitative estimate of drug-likeness (QED) is 0.136. The molecule has 0 N–H and O–H groups in total. The van der Waals surface area contributed by atoms with Crippen molar-refractivity contribution in [3.8, 4) is 22.5 Å². The Morgan fingerprint density at radius 2 is 1.54 bits per heavy atom. The van der Waals surface area contributed by atoms with Crippen molar-refractivity contribution < 1.29 is 27.0 Å². The second-order valence-electron chi connectivity index (χ2n) is 13.0. The Morgan fingerprint density at radius 3 is 2.27 bits per heavy atom. The van der Waals surface area contributed by atoms with E-state index in [0.29, 0.717) is 5.56 Å². The Labute approximate surface area is 306 Å². The number of pyridine rings is 2. The Morgan fingerprint density at radius 1 is 0.771 bits per heavy atom. The van der Waals surface area contributed by atoms with Gasteiger partial charge < -0.3 is 19.8 Å². The summed E-state index contributed by atoms with van der Waals surface area (Å²) in [6, 6.07) is 40.3. The number of benzene rings is 4. The number of aromatic nitrogens is 2. The summed E-state index contributed by atoms with van der Waals surface area (Å²) in [5.74, 6) is 0. The maximum atomic E-state index is 8.81. The van der Waals surface area contributed by atoms with Crippen LogP contribution in [0.25, 0.3) is 22.5 Å². The summed E-state index contributed by atoms with van der Waals surface area (Å²) in [7, 11) is 4.25. The van der Waals surface area contributed by atoms with Crippen molar-refractivity contribution in [1.29, 1.82) is 0 Å². The monoisotopic (exact) mass is 808 g/mol. The molecule has 6 heteroatoms. The zero-order valence-corrected chi connectivity index (χ0v) is 30.1. The van der Waals surface area contributed by atoms with Crippen molar-refractivity contribution in [3.05, 3.63) is 139 Å². The minimum atomic E-state index is -2.09. The van der Waals surface area contributed by atoms with E-state index in [1.165, 1.54) is 39.6 Å². The summed E-state index contributed by atoms with van der Waals surface area (Å²) in [4.78, 5) is 13.4. The van der Waals surface area contributed by atoms with Gasteiger partial charge in [0.05, 0.1) is 0 Å². The largest absolute Gasteiger partial charge is 0.385 e. The van der Waals surface area contributed by atoms with Crippen molar-refractivity contribution in [2.45, 2.75) is 34.0 Å². The third kappa shape index (κ3) is 6.35. The molecule has 0 saturated heterocycles. The Hall–Kier alpha value is -4.51. The van der Waals surface area contributed by atoms with Crippen LogP contribution in [0, 0.1) is 24.4 Å². The third-order valence-corrected chi connectivity index (χ3v) is 8.61. The van der Waals surface area contributed by atoms with E-state index in [9.17, 15) is 0 Å². The molecule has 4 aromatic carbocycles. The van der Waals surface area contributed by atoms with Gasteiger partial charge in [0.2, 0.25) is 6.71 Å². The van der Waals surface area contributed by atoms with Crippen LogP contribution in [-0.4, -0.2) is 30.8 Å². The van der Waals surface area contributed by atoms with Crippen LogP contribution < -0.4 is 26.2 Å². The molecule has 2 aromatic heterocycles. The van der Waals surface area contributed by atoms with Gasteiger partial charge >= 0.3 is 0 Å². The van der Waals surface area contributed by atoms with Crippen LogP contribution in [0.1, 0.15) is 38.8 Å². The molecular weight excluding hydrogens is 764 g/mol. The fraction of sp³-hybridized carbons (Fsp3) is 0.190. The first-order chi connectivity index (χ1) is 24.7. The molecule has 48 heavy (non-hydrogen) atoms. The molecule has 0 bridgehead atoms. The van der Waals surface area contributed by atoms with Crippen LogP contribution in [0.3, 0.4) is 0 Å². The number of hydrogen-bond acceptors (Lipinski definition) is 4. The topological polar surface area (TPSA) is 32.3 Å². The van der Waals surface area contributed by atoms with Crippen molar-refractivity contribution in [3.63, 3.8) is 0 Å². The molecule has 0 aliphatic carbocycles. The average molecular weight is 808 g/mol. The Kier molecular flexibility index (Phi) is 7.75. The minimum Gasteiger partial charge on any atom is -0.385 e. The molecule has 4 heterocycles. The summed E-state index contributed by atoms with van der Waals surface area (Å²) in [6.45, 7) is 3.81. The van der Waals surface area contributed by atoms with Crippen LogP contribution in [0.4, 0.5) is 22.7 Å². The molecule has 2 aliphatic heterocycles. The second kappa shape index (κ2) is 13.5. The van der Waals surface area contributed by atoms with Gasteiger partial charge in [-0.15, -0.1) is 65.1 Å². The summed E-state index contributed by atoms with van der Waals surface area (Å²) in [5.41, 5.74) is 12.1. The fourth-order valence-electron chi connectivity index (χ4n) is 6.67. The number of nitrogens with zero attached hydrogens (tertiary/aromatic N) is 4. The first-order valence-corrected chi connectivity index (χ1v) is 15.8. The normalized spacial score (nSPS) is 14.7. The average Bonchev–Trinajstić information content (AvgIpc) is 3.14. The van der Waals surface area contributed by atoms with Crippen LogP contribution in [0.5, 0.6) is 0 Å². The second-order valence-corrected chi connectivity index (χ2v) is 13.0. The van der Waals surface area contributed by atoms with Crippen LogP contribution in [-0.2, 0) is 26.5 Å². The van der Waals surface area contributed by atoms with Gasteiger partial charge in [0.15, 0.2) is 0 Å². The van der Waals surface area contributed by atoms with E-state index >= 15 is 0 Å². The van der Waals surface area contributed by atoms with Gasteiger partial charge in [0.1, 0.15) is 0 Å². The maximum absolute atomic E-state index is 8.81. The van der Waals surface area contributed by atoms with E-state index in [0.717, 1.165) is 28.2 Å². The van der Waals surface area contributed by atoms with Gasteiger partial charge in [-0.25, -0.2) is 0 Å². The Bertz CT molecular complexity index is 2260. The zero-order valence-electron chi connectivity index (χ0n) is 32.7. The van der Waals surface area contributed by atoms with Gasteiger partial charge in [0.25, 0.3) is 0 Å². The molecule has 0 spiro atoms. The fourth-order valence-corrected chi connectivity index (χ4v) is 6.67. The third-order valence-electron chi connectivity index (χ3n) is 8.61. The van der Waals surface area contributed by atoms with Crippen molar-refractivity contribution in [1.82, 2.24) is 9.97 Å². The van der Waals surface area contributed by atoms with Gasteiger partial charge in [-0.2, -0.15) is 0 Å². The van der Waals surface area contributed by atoms with E-state index < -0.39 is 18.6 Å². The number of anilines is 4. The zero-order chi connectivity index (χ0) is 37.0. The standard InChI is InChI=1S/C30H29BN3.C12H10N.Ir/c1-30(2,3)19-20-16-17-32-24(18-20)21-10-8-12-23-29(21)34(5)27-15-9-14-26-28(27)31(23)22-11-6-7-13-25(22)33(26)4;1-10-7-8-12(13-9-10)11-5-3-2-4-6-11;/h6-9,11-18H,19H2,1-5H3;2-5,7-9H,1H3;/q2*-1;/i19D2;1D3;. The summed E-state index contributed by atoms with van der Waals surface area (Å²) in [5, 5.41) is 0. The summed E-state index contributed by atoms with van der Waals surface area (Å²) >= 11 is 0. The SMILES string of the molecule is [2H]C([2H])([2H])c1ccc(-c2[c-]cccc2)nc1.[2H]C([2H])(c1ccnc(-c2[c-]ccc3c2N(C)c2cccc4c2B3c2ccccc2N4C)c1)C(C)(C)C.[Ir]. The van der Waals surface area contributed by atoms with E-state index in [1.54, 1.807) is 30.5 Å². The summed E-state index contributed by atoms with van der Waals surface area (Å²) in [6.07, 6.45) is 1.62. The number of hydrogen-bond donors (Lipinski definition) is 0. The maximum Gasteiger partial charge on any atom is 0.233 e. The van der Waals surface area contributed by atoms with Gasteiger partial charge in [0, 0.05) is 70.5 Å². The molecule has 1 radical (unpaired) electrons. The van der Waals surface area contributed by atoms with Crippen molar-refractivity contribution in [2.75, 3.05) is 23.9 Å². The van der Waals surface area contributed by atoms with Crippen molar-refractivity contribution >= 4 is 45.9 Å². The predicted molar refractivity (Wildman–Crippen MR) is 199 cm³/mol. The first-order valence-electron chi connectivity index (χ1n) is 18.3. The van der Waals surface area contributed by atoms with Gasteiger partial charge in [-0.05, 0) is 76.5 Å². The number of fused-ring (bicyclic) bond motifs is 4. The first kappa shape index (κ1) is 27.4. The van der Waals surface area contributed by atoms with Crippen LogP contribution in [0.15, 0.2) is 116 Å².